The third-order valence-corrected chi connectivity index (χ3v) is 2.99. The van der Waals surface area contributed by atoms with E-state index in [9.17, 15) is 18.0 Å². The Morgan fingerprint density at radius 1 is 1.17 bits per heavy atom. The summed E-state index contributed by atoms with van der Waals surface area (Å²) in [6, 6.07) is 9.31. The van der Waals surface area contributed by atoms with Crippen molar-refractivity contribution in [3.63, 3.8) is 0 Å². The van der Waals surface area contributed by atoms with E-state index in [0.29, 0.717) is 5.75 Å². The van der Waals surface area contributed by atoms with Gasteiger partial charge in [0.05, 0.1) is 12.1 Å². The number of alkyl halides is 3. The zero-order valence-corrected chi connectivity index (χ0v) is 12.4. The van der Waals surface area contributed by atoms with Crippen LogP contribution in [0.1, 0.15) is 21.6 Å². The number of benzene rings is 1. The molecule has 0 aliphatic carbocycles. The van der Waals surface area contributed by atoms with Gasteiger partial charge in [0.15, 0.2) is 0 Å². The number of hydrogen-bond donors (Lipinski definition) is 1. The van der Waals surface area contributed by atoms with Crippen molar-refractivity contribution >= 4 is 5.91 Å². The molecule has 2 aromatic rings. The van der Waals surface area contributed by atoms with E-state index >= 15 is 0 Å². The predicted octanol–water partition coefficient (Wildman–Crippen LogP) is 3.22. The van der Waals surface area contributed by atoms with Crippen LogP contribution in [0.3, 0.4) is 0 Å². The highest BCUT2D eigenvalue weighted by molar-refractivity contribution is 5.93. The van der Waals surface area contributed by atoms with Crippen LogP contribution < -0.4 is 10.1 Å². The topological polar surface area (TPSA) is 51.2 Å². The summed E-state index contributed by atoms with van der Waals surface area (Å²) >= 11 is 0. The molecule has 0 aliphatic rings. The highest BCUT2D eigenvalue weighted by Crippen LogP contribution is 2.27. The Hall–Kier alpha value is -2.57. The van der Waals surface area contributed by atoms with Crippen LogP contribution in [-0.2, 0) is 6.18 Å². The van der Waals surface area contributed by atoms with E-state index < -0.39 is 17.8 Å². The van der Waals surface area contributed by atoms with E-state index in [1.807, 2.05) is 31.2 Å². The fourth-order valence-corrected chi connectivity index (χ4v) is 1.77. The predicted molar refractivity (Wildman–Crippen MR) is 78.2 cm³/mol. The van der Waals surface area contributed by atoms with Gasteiger partial charge in [0, 0.05) is 6.20 Å². The molecule has 0 saturated carbocycles. The Morgan fingerprint density at radius 2 is 1.87 bits per heavy atom. The quantitative estimate of drug-likeness (QED) is 0.859. The molecule has 0 unspecified atom stereocenters. The number of hydrogen-bond acceptors (Lipinski definition) is 3. The highest BCUT2D eigenvalue weighted by atomic mass is 19.4. The van der Waals surface area contributed by atoms with E-state index in [1.165, 1.54) is 0 Å². The number of aryl methyl sites for hydroxylation is 1. The number of carbonyl (C=O) groups is 1. The first kappa shape index (κ1) is 16.8. The molecule has 1 aromatic heterocycles. The fourth-order valence-electron chi connectivity index (χ4n) is 1.77. The molecule has 0 bridgehead atoms. The second-order valence-electron chi connectivity index (χ2n) is 4.85. The van der Waals surface area contributed by atoms with Gasteiger partial charge in [0.2, 0.25) is 0 Å². The molecule has 0 saturated heterocycles. The van der Waals surface area contributed by atoms with E-state index in [2.05, 4.69) is 10.3 Å². The maximum absolute atomic E-state index is 12.4. The van der Waals surface area contributed by atoms with Gasteiger partial charge < -0.3 is 10.1 Å². The lowest BCUT2D eigenvalue weighted by Crippen LogP contribution is -2.28. The Balaban J connectivity index is 1.79. The van der Waals surface area contributed by atoms with E-state index in [4.69, 9.17) is 4.74 Å². The fraction of sp³-hybridized carbons (Fsp3) is 0.250. The number of rotatable bonds is 5. The van der Waals surface area contributed by atoms with Crippen LogP contribution in [0.5, 0.6) is 5.75 Å². The first-order valence-corrected chi connectivity index (χ1v) is 6.87. The van der Waals surface area contributed by atoms with Gasteiger partial charge in [-0.2, -0.15) is 13.2 Å². The normalized spacial score (nSPS) is 11.1. The van der Waals surface area contributed by atoms with Crippen LogP contribution in [0.4, 0.5) is 13.2 Å². The lowest BCUT2D eigenvalue weighted by molar-refractivity contribution is -0.141. The lowest BCUT2D eigenvalue weighted by Gasteiger charge is -2.09. The Bertz CT molecular complexity index is 653. The first-order valence-electron chi connectivity index (χ1n) is 6.87. The van der Waals surface area contributed by atoms with Gasteiger partial charge >= 0.3 is 6.18 Å². The number of ether oxygens (including phenoxy) is 1. The van der Waals surface area contributed by atoms with Gasteiger partial charge in [0.25, 0.3) is 5.91 Å². The molecule has 1 N–H and O–H groups in total. The van der Waals surface area contributed by atoms with E-state index in [-0.39, 0.29) is 18.7 Å². The maximum atomic E-state index is 12.4. The molecule has 0 fully saturated rings. The zero-order chi connectivity index (χ0) is 16.9. The number of nitrogens with zero attached hydrogens (tertiary/aromatic N) is 1. The number of pyridine rings is 1. The van der Waals surface area contributed by atoms with Crippen LogP contribution in [-0.4, -0.2) is 24.0 Å². The molecule has 2 rings (SSSR count). The largest absolute Gasteiger partial charge is 0.492 e. The van der Waals surface area contributed by atoms with Crippen molar-refractivity contribution in [2.45, 2.75) is 13.1 Å². The molecular formula is C16H15F3N2O2. The van der Waals surface area contributed by atoms with Gasteiger partial charge in [-0.25, -0.2) is 0 Å². The monoisotopic (exact) mass is 324 g/mol. The van der Waals surface area contributed by atoms with E-state index in [1.54, 1.807) is 0 Å². The van der Waals surface area contributed by atoms with Crippen LogP contribution in [0.25, 0.3) is 0 Å². The minimum absolute atomic E-state index is 0.0633. The molecule has 1 amide bonds. The van der Waals surface area contributed by atoms with Gasteiger partial charge in [-0.05, 0) is 31.2 Å². The zero-order valence-electron chi connectivity index (χ0n) is 12.4. The molecule has 7 heteroatoms. The minimum Gasteiger partial charge on any atom is -0.492 e. The molecule has 1 heterocycles. The summed E-state index contributed by atoms with van der Waals surface area (Å²) in [6.07, 6.45) is -3.62. The molecule has 1 aromatic carbocycles. The minimum atomic E-state index is -4.52. The summed E-state index contributed by atoms with van der Waals surface area (Å²) in [7, 11) is 0. The van der Waals surface area contributed by atoms with Crippen molar-refractivity contribution in [3.8, 4) is 5.75 Å². The summed E-state index contributed by atoms with van der Waals surface area (Å²) in [5.41, 5.74) is 0.144. The number of nitrogens with one attached hydrogen (secondary N) is 1. The summed E-state index contributed by atoms with van der Waals surface area (Å²) < 4.78 is 42.6. The summed E-state index contributed by atoms with van der Waals surface area (Å²) in [5.74, 6) is 0.180. The summed E-state index contributed by atoms with van der Waals surface area (Å²) in [5, 5.41) is 2.55. The number of carbonyl (C=O) groups excluding carboxylic acids is 1. The third-order valence-electron chi connectivity index (χ3n) is 2.99. The van der Waals surface area contributed by atoms with Crippen molar-refractivity contribution in [1.82, 2.24) is 10.3 Å². The number of aromatic nitrogens is 1. The van der Waals surface area contributed by atoms with Gasteiger partial charge in [-0.1, -0.05) is 17.7 Å². The Kier molecular flexibility index (Phi) is 5.20. The maximum Gasteiger partial charge on any atom is 0.433 e. The Morgan fingerprint density at radius 3 is 2.43 bits per heavy atom. The second-order valence-corrected chi connectivity index (χ2v) is 4.85. The average Bonchev–Trinajstić information content (AvgIpc) is 2.52. The third kappa shape index (κ3) is 4.98. The Labute approximate surface area is 131 Å². The summed E-state index contributed by atoms with van der Waals surface area (Å²) in [4.78, 5) is 15.0. The van der Waals surface area contributed by atoms with Crippen LogP contribution in [0.15, 0.2) is 42.6 Å². The lowest BCUT2D eigenvalue weighted by atomic mass is 10.2. The standard InChI is InChI=1S/C16H15F3N2O2/c1-11-2-5-13(6-3-11)23-9-8-20-15(22)12-4-7-14(21-10-12)16(17,18)19/h2-7,10H,8-9H2,1H3,(H,20,22). The molecule has 23 heavy (non-hydrogen) atoms. The second kappa shape index (κ2) is 7.13. The molecule has 0 spiro atoms. The van der Waals surface area contributed by atoms with Crippen molar-refractivity contribution in [1.29, 1.82) is 0 Å². The van der Waals surface area contributed by atoms with E-state index in [0.717, 1.165) is 23.9 Å². The van der Waals surface area contributed by atoms with Crippen LogP contribution in [0, 0.1) is 6.92 Å². The molecule has 0 radical (unpaired) electrons. The van der Waals surface area contributed by atoms with Gasteiger partial charge in [0.1, 0.15) is 18.1 Å². The molecular weight excluding hydrogens is 309 g/mol. The van der Waals surface area contributed by atoms with Gasteiger partial charge in [-0.3, -0.25) is 9.78 Å². The molecule has 0 aliphatic heterocycles. The van der Waals surface area contributed by atoms with Gasteiger partial charge in [-0.15, -0.1) is 0 Å². The smallest absolute Gasteiger partial charge is 0.433 e. The molecule has 4 nitrogen and oxygen atoms in total. The van der Waals surface area contributed by atoms with Crippen molar-refractivity contribution in [3.05, 3.63) is 59.4 Å². The van der Waals surface area contributed by atoms with Crippen LogP contribution in [0.2, 0.25) is 0 Å². The summed E-state index contributed by atoms with van der Waals surface area (Å²) in [6.45, 7) is 2.44. The van der Waals surface area contributed by atoms with Crippen molar-refractivity contribution in [2.24, 2.45) is 0 Å². The molecule has 122 valence electrons. The number of amides is 1. The van der Waals surface area contributed by atoms with Crippen molar-refractivity contribution in [2.75, 3.05) is 13.2 Å². The number of halogens is 3. The average molecular weight is 324 g/mol. The molecule has 0 atom stereocenters. The highest BCUT2D eigenvalue weighted by Gasteiger charge is 2.32. The van der Waals surface area contributed by atoms with Crippen LogP contribution >= 0.6 is 0 Å². The van der Waals surface area contributed by atoms with Crippen molar-refractivity contribution < 1.29 is 22.7 Å². The SMILES string of the molecule is Cc1ccc(OCCNC(=O)c2ccc(C(F)(F)F)nc2)cc1. The first-order chi connectivity index (χ1) is 10.9.